The normalized spacial score (nSPS) is 11.3. The van der Waals surface area contributed by atoms with Crippen LogP contribution in [0.3, 0.4) is 0 Å². The molecule has 38 heavy (non-hydrogen) atoms. The van der Waals surface area contributed by atoms with Crippen LogP contribution in [0, 0.1) is 5.41 Å². The van der Waals surface area contributed by atoms with Gasteiger partial charge in [-0.05, 0) is 48.5 Å². The fraction of sp³-hybridized carbons (Fsp3) is 0.286. The van der Waals surface area contributed by atoms with Crippen molar-refractivity contribution < 1.29 is 19.1 Å². The molecule has 0 aliphatic heterocycles. The number of aromatic nitrogens is 2. The van der Waals surface area contributed by atoms with Gasteiger partial charge in [0, 0.05) is 52.6 Å². The highest BCUT2D eigenvalue weighted by Crippen LogP contribution is 2.25. The Morgan fingerprint density at radius 1 is 0.974 bits per heavy atom. The first-order chi connectivity index (χ1) is 18.1. The number of carbonyl (C=O) groups excluding carboxylic acids is 3. The zero-order valence-electron chi connectivity index (χ0n) is 21.8. The van der Waals surface area contributed by atoms with Crippen LogP contribution in [0.5, 0.6) is 5.75 Å². The van der Waals surface area contributed by atoms with Gasteiger partial charge < -0.3 is 20.7 Å². The number of carbonyl (C=O) groups is 3. The van der Waals surface area contributed by atoms with Crippen LogP contribution in [0.2, 0.25) is 0 Å². The van der Waals surface area contributed by atoms with E-state index in [1.807, 2.05) is 61.0 Å². The molecule has 0 bridgehead atoms. The molecule has 0 spiro atoms. The molecule has 0 fully saturated rings. The van der Waals surface area contributed by atoms with Gasteiger partial charge in [-0.1, -0.05) is 20.8 Å². The average Bonchev–Trinajstić information content (AvgIpc) is 3.48. The summed E-state index contributed by atoms with van der Waals surface area (Å²) < 4.78 is 7.14. The van der Waals surface area contributed by atoms with Crippen LogP contribution in [0.25, 0.3) is 16.2 Å². The summed E-state index contributed by atoms with van der Waals surface area (Å²) in [5.74, 6) is 0.289. The second-order valence-electron chi connectivity index (χ2n) is 9.80. The molecule has 0 unspecified atom stereocenters. The maximum atomic E-state index is 12.5. The Bertz CT molecular complexity index is 1430. The van der Waals surface area contributed by atoms with Crippen molar-refractivity contribution in [1.29, 1.82) is 0 Å². The Labute approximate surface area is 225 Å². The standard InChI is InChI=1S/C28H31N5O4S/c1-28(2,3)26(36)31-20-9-5-19(6-10-20)25(35)30-14-13-29-24(34)15-21-17-38-27-32-23(16-33(21)27)18-7-11-22(37-4)12-8-18/h5-12,16-17H,13-15H2,1-4H3,(H,29,34)(H,30,35)(H,31,36). The van der Waals surface area contributed by atoms with Crippen molar-refractivity contribution in [3.8, 4) is 17.0 Å². The maximum absolute atomic E-state index is 12.5. The van der Waals surface area contributed by atoms with Gasteiger partial charge in [0.2, 0.25) is 11.8 Å². The number of anilines is 1. The molecule has 9 nitrogen and oxygen atoms in total. The molecule has 2 aromatic heterocycles. The number of thiazole rings is 1. The molecule has 0 radical (unpaired) electrons. The molecular formula is C28H31N5O4S. The van der Waals surface area contributed by atoms with Crippen molar-refractivity contribution in [3.05, 3.63) is 71.4 Å². The monoisotopic (exact) mass is 533 g/mol. The number of rotatable bonds is 9. The van der Waals surface area contributed by atoms with Crippen LogP contribution in [0.4, 0.5) is 5.69 Å². The minimum absolute atomic E-state index is 0.0978. The summed E-state index contributed by atoms with van der Waals surface area (Å²) in [6.07, 6.45) is 2.13. The second-order valence-corrected chi connectivity index (χ2v) is 10.6. The largest absolute Gasteiger partial charge is 0.497 e. The van der Waals surface area contributed by atoms with Gasteiger partial charge in [0.25, 0.3) is 5.91 Å². The summed E-state index contributed by atoms with van der Waals surface area (Å²) in [7, 11) is 1.63. The second kappa shape index (κ2) is 11.5. The van der Waals surface area contributed by atoms with Crippen LogP contribution in [0.15, 0.2) is 60.1 Å². The number of ether oxygens (including phenoxy) is 1. The SMILES string of the molecule is COc1ccc(-c2cn3c(CC(=O)NCCNC(=O)c4ccc(NC(=O)C(C)(C)C)cc4)csc3n2)cc1. The molecule has 3 N–H and O–H groups in total. The van der Waals surface area contributed by atoms with Crippen LogP contribution in [-0.4, -0.2) is 47.3 Å². The lowest BCUT2D eigenvalue weighted by Gasteiger charge is -2.17. The predicted molar refractivity (Wildman–Crippen MR) is 149 cm³/mol. The number of methoxy groups -OCH3 is 1. The zero-order valence-corrected chi connectivity index (χ0v) is 22.6. The van der Waals surface area contributed by atoms with Crippen molar-refractivity contribution >= 4 is 39.7 Å². The Balaban J connectivity index is 1.24. The molecule has 2 heterocycles. The Morgan fingerprint density at radius 2 is 1.66 bits per heavy atom. The van der Waals surface area contributed by atoms with Gasteiger partial charge in [-0.2, -0.15) is 0 Å². The van der Waals surface area contributed by atoms with E-state index in [0.717, 1.165) is 27.7 Å². The highest BCUT2D eigenvalue weighted by Gasteiger charge is 2.21. The van der Waals surface area contributed by atoms with Crippen LogP contribution < -0.4 is 20.7 Å². The minimum atomic E-state index is -0.505. The number of nitrogens with zero attached hydrogens (tertiary/aromatic N) is 2. The number of hydrogen-bond donors (Lipinski definition) is 3. The molecule has 0 aliphatic rings. The number of benzene rings is 2. The summed E-state index contributed by atoms with van der Waals surface area (Å²) in [5, 5.41) is 10.4. The van der Waals surface area contributed by atoms with E-state index in [2.05, 4.69) is 20.9 Å². The quantitative estimate of drug-likeness (QED) is 0.280. The maximum Gasteiger partial charge on any atom is 0.251 e. The minimum Gasteiger partial charge on any atom is -0.497 e. The van der Waals surface area contributed by atoms with E-state index in [0.29, 0.717) is 24.3 Å². The molecule has 0 aliphatic carbocycles. The van der Waals surface area contributed by atoms with E-state index in [1.54, 1.807) is 31.4 Å². The topological polar surface area (TPSA) is 114 Å². The predicted octanol–water partition coefficient (Wildman–Crippen LogP) is 4.14. The van der Waals surface area contributed by atoms with Gasteiger partial charge in [-0.3, -0.25) is 18.8 Å². The highest BCUT2D eigenvalue weighted by atomic mass is 32.1. The van der Waals surface area contributed by atoms with E-state index in [-0.39, 0.29) is 24.1 Å². The zero-order chi connectivity index (χ0) is 27.3. The van der Waals surface area contributed by atoms with E-state index < -0.39 is 5.41 Å². The van der Waals surface area contributed by atoms with Crippen LogP contribution >= 0.6 is 11.3 Å². The van der Waals surface area contributed by atoms with E-state index in [4.69, 9.17) is 4.74 Å². The first-order valence-electron chi connectivity index (χ1n) is 12.2. The fourth-order valence-corrected chi connectivity index (χ4v) is 4.46. The number of amides is 3. The molecule has 0 saturated heterocycles. The van der Waals surface area contributed by atoms with Gasteiger partial charge >= 0.3 is 0 Å². The number of hydrogen-bond acceptors (Lipinski definition) is 6. The van der Waals surface area contributed by atoms with Crippen molar-refractivity contribution in [2.75, 3.05) is 25.5 Å². The van der Waals surface area contributed by atoms with Crippen molar-refractivity contribution in [1.82, 2.24) is 20.0 Å². The first kappa shape index (κ1) is 26.9. The summed E-state index contributed by atoms with van der Waals surface area (Å²) in [5.41, 5.74) is 3.24. The highest BCUT2D eigenvalue weighted by molar-refractivity contribution is 7.15. The van der Waals surface area contributed by atoms with E-state index >= 15 is 0 Å². The lowest BCUT2D eigenvalue weighted by Crippen LogP contribution is -2.35. The van der Waals surface area contributed by atoms with E-state index in [1.165, 1.54) is 11.3 Å². The Hall–Kier alpha value is -4.18. The average molecular weight is 534 g/mol. The molecular weight excluding hydrogens is 502 g/mol. The van der Waals surface area contributed by atoms with Gasteiger partial charge in [-0.15, -0.1) is 11.3 Å². The summed E-state index contributed by atoms with van der Waals surface area (Å²) in [6, 6.07) is 14.4. The molecule has 0 saturated carbocycles. The van der Waals surface area contributed by atoms with Gasteiger partial charge in [0.05, 0.1) is 19.2 Å². The van der Waals surface area contributed by atoms with Gasteiger partial charge in [0.1, 0.15) is 5.75 Å². The molecule has 4 rings (SSSR count). The number of fused-ring (bicyclic) bond motifs is 1. The first-order valence-corrected chi connectivity index (χ1v) is 13.1. The summed E-state index contributed by atoms with van der Waals surface area (Å²) >= 11 is 1.48. The summed E-state index contributed by atoms with van der Waals surface area (Å²) in [4.78, 5) is 42.5. The smallest absolute Gasteiger partial charge is 0.251 e. The van der Waals surface area contributed by atoms with Crippen molar-refractivity contribution in [2.24, 2.45) is 5.41 Å². The third kappa shape index (κ3) is 6.57. The Morgan fingerprint density at radius 3 is 2.32 bits per heavy atom. The third-order valence-corrected chi connectivity index (χ3v) is 6.72. The third-order valence-electron chi connectivity index (χ3n) is 5.83. The van der Waals surface area contributed by atoms with Gasteiger partial charge in [0.15, 0.2) is 4.96 Å². The number of imidazole rings is 1. The molecule has 4 aromatic rings. The van der Waals surface area contributed by atoms with Gasteiger partial charge in [-0.25, -0.2) is 4.98 Å². The van der Waals surface area contributed by atoms with Crippen molar-refractivity contribution in [3.63, 3.8) is 0 Å². The van der Waals surface area contributed by atoms with Crippen LogP contribution in [-0.2, 0) is 16.0 Å². The number of nitrogens with one attached hydrogen (secondary N) is 3. The lowest BCUT2D eigenvalue weighted by molar-refractivity contribution is -0.123. The fourth-order valence-electron chi connectivity index (χ4n) is 3.59. The van der Waals surface area contributed by atoms with E-state index in [9.17, 15) is 14.4 Å². The van der Waals surface area contributed by atoms with Crippen LogP contribution in [0.1, 0.15) is 36.8 Å². The summed E-state index contributed by atoms with van der Waals surface area (Å²) in [6.45, 7) is 6.10. The lowest BCUT2D eigenvalue weighted by atomic mass is 9.95. The molecule has 2 aromatic carbocycles. The Kier molecular flexibility index (Phi) is 8.11. The molecule has 198 valence electrons. The molecule has 3 amide bonds. The molecule has 10 heteroatoms. The molecule has 0 atom stereocenters. The van der Waals surface area contributed by atoms with Crippen molar-refractivity contribution in [2.45, 2.75) is 27.2 Å².